The Labute approximate surface area is 212 Å². The highest BCUT2D eigenvalue weighted by molar-refractivity contribution is 7.14. The molecule has 2 aromatic carbocycles. The van der Waals surface area contributed by atoms with Crippen molar-refractivity contribution in [2.45, 2.75) is 6.54 Å². The number of imidazole rings is 1. The standard InChI is InChI=1S/C27H26FN7S/c1-17(31-26-21(28)5-4-6-22(26)29)19-8-10-20(11-9-19)32-27-33-23(16-36-27)24-13-30-25-12-7-18(14-34(2)3)15-35(24)25/h4-13,15-16,31H,1,14,29H2,2-3H3,(H,32,33). The average Bonchev–Trinajstić information content (AvgIpc) is 3.48. The number of hydrogen-bond donors (Lipinski definition) is 3. The Morgan fingerprint density at radius 2 is 1.94 bits per heavy atom. The van der Waals surface area contributed by atoms with Crippen molar-refractivity contribution in [2.24, 2.45) is 0 Å². The van der Waals surface area contributed by atoms with E-state index in [-0.39, 0.29) is 5.69 Å². The second-order valence-corrected chi connectivity index (χ2v) is 9.55. The maximum Gasteiger partial charge on any atom is 0.187 e. The maximum absolute atomic E-state index is 14.1. The molecule has 0 aliphatic rings. The van der Waals surface area contributed by atoms with E-state index in [0.29, 0.717) is 11.4 Å². The maximum atomic E-state index is 14.1. The van der Waals surface area contributed by atoms with Gasteiger partial charge >= 0.3 is 0 Å². The minimum Gasteiger partial charge on any atom is -0.397 e. The molecule has 182 valence electrons. The number of para-hydroxylation sites is 1. The normalized spacial score (nSPS) is 11.2. The molecular weight excluding hydrogens is 473 g/mol. The topological polar surface area (TPSA) is 83.5 Å². The summed E-state index contributed by atoms with van der Waals surface area (Å²) in [5.41, 5.74) is 12.6. The summed E-state index contributed by atoms with van der Waals surface area (Å²) in [6.45, 7) is 4.87. The molecule has 9 heteroatoms. The summed E-state index contributed by atoms with van der Waals surface area (Å²) >= 11 is 1.52. The van der Waals surface area contributed by atoms with Crippen LogP contribution in [0.25, 0.3) is 22.7 Å². The molecule has 0 saturated heterocycles. The molecule has 3 aromatic heterocycles. The number of benzene rings is 2. The fourth-order valence-electron chi connectivity index (χ4n) is 3.90. The van der Waals surface area contributed by atoms with Crippen LogP contribution < -0.4 is 16.4 Å². The third-order valence-electron chi connectivity index (χ3n) is 5.64. The van der Waals surface area contributed by atoms with Crippen LogP contribution in [-0.2, 0) is 6.54 Å². The predicted molar refractivity (Wildman–Crippen MR) is 147 cm³/mol. The molecule has 0 fully saturated rings. The zero-order valence-corrected chi connectivity index (χ0v) is 20.8. The molecule has 0 bridgehead atoms. The molecule has 0 amide bonds. The Hall–Kier alpha value is -4.21. The van der Waals surface area contributed by atoms with E-state index in [2.05, 4.69) is 57.9 Å². The summed E-state index contributed by atoms with van der Waals surface area (Å²) in [4.78, 5) is 11.4. The Morgan fingerprint density at radius 3 is 2.69 bits per heavy atom. The molecule has 0 atom stereocenters. The smallest absolute Gasteiger partial charge is 0.187 e. The van der Waals surface area contributed by atoms with Gasteiger partial charge in [0.05, 0.1) is 23.3 Å². The highest BCUT2D eigenvalue weighted by Crippen LogP contribution is 2.30. The number of fused-ring (bicyclic) bond motifs is 1. The minimum absolute atomic E-state index is 0.223. The number of nitrogens with zero attached hydrogens (tertiary/aromatic N) is 4. The molecule has 4 N–H and O–H groups in total. The Morgan fingerprint density at radius 1 is 1.14 bits per heavy atom. The Balaban J connectivity index is 1.30. The van der Waals surface area contributed by atoms with E-state index in [1.165, 1.54) is 23.0 Å². The SMILES string of the molecule is C=C(Nc1c(N)cccc1F)c1ccc(Nc2nc(-c3cnc4ccc(CN(C)C)cn34)cs2)cc1. The highest BCUT2D eigenvalue weighted by Gasteiger charge is 2.12. The number of anilines is 4. The van der Waals surface area contributed by atoms with Gasteiger partial charge in [-0.25, -0.2) is 14.4 Å². The van der Waals surface area contributed by atoms with E-state index in [9.17, 15) is 4.39 Å². The molecule has 0 saturated carbocycles. The summed E-state index contributed by atoms with van der Waals surface area (Å²) in [5.74, 6) is -0.422. The number of nitrogens with one attached hydrogen (secondary N) is 2. The van der Waals surface area contributed by atoms with E-state index in [1.807, 2.05) is 41.9 Å². The number of hydrogen-bond acceptors (Lipinski definition) is 7. The number of aromatic nitrogens is 3. The van der Waals surface area contributed by atoms with Gasteiger partial charge in [0.15, 0.2) is 5.13 Å². The molecule has 5 rings (SSSR count). The number of halogens is 1. The fourth-order valence-corrected chi connectivity index (χ4v) is 4.62. The minimum atomic E-state index is -0.422. The zero-order valence-electron chi connectivity index (χ0n) is 20.0. The van der Waals surface area contributed by atoms with Crippen molar-refractivity contribution in [1.82, 2.24) is 19.3 Å². The first-order valence-corrected chi connectivity index (χ1v) is 12.2. The monoisotopic (exact) mass is 499 g/mol. The number of thiazole rings is 1. The van der Waals surface area contributed by atoms with Crippen LogP contribution in [0.5, 0.6) is 0 Å². The van der Waals surface area contributed by atoms with Crippen molar-refractivity contribution in [2.75, 3.05) is 30.5 Å². The lowest BCUT2D eigenvalue weighted by molar-refractivity contribution is 0.402. The summed E-state index contributed by atoms with van der Waals surface area (Å²) in [7, 11) is 4.10. The van der Waals surface area contributed by atoms with Gasteiger partial charge in [0.1, 0.15) is 17.2 Å². The number of pyridine rings is 1. The van der Waals surface area contributed by atoms with Crippen molar-refractivity contribution in [1.29, 1.82) is 0 Å². The van der Waals surface area contributed by atoms with Gasteiger partial charge in [0.25, 0.3) is 0 Å². The van der Waals surface area contributed by atoms with Crippen LogP contribution in [0.3, 0.4) is 0 Å². The summed E-state index contributed by atoms with van der Waals surface area (Å²) < 4.78 is 16.2. The van der Waals surface area contributed by atoms with Crippen molar-refractivity contribution < 1.29 is 4.39 Å². The van der Waals surface area contributed by atoms with Crippen molar-refractivity contribution in [3.63, 3.8) is 0 Å². The van der Waals surface area contributed by atoms with Crippen LogP contribution in [0, 0.1) is 5.82 Å². The second kappa shape index (κ2) is 9.80. The Kier molecular flexibility index (Phi) is 6.41. The van der Waals surface area contributed by atoms with Crippen LogP contribution in [0.2, 0.25) is 0 Å². The van der Waals surface area contributed by atoms with Gasteiger partial charge in [0.2, 0.25) is 0 Å². The lowest BCUT2D eigenvalue weighted by Gasteiger charge is -2.13. The zero-order chi connectivity index (χ0) is 25.2. The average molecular weight is 500 g/mol. The van der Waals surface area contributed by atoms with Gasteiger partial charge in [-0.2, -0.15) is 0 Å². The molecule has 0 spiro atoms. The van der Waals surface area contributed by atoms with Crippen LogP contribution in [-0.4, -0.2) is 33.4 Å². The Bertz CT molecular complexity index is 1520. The second-order valence-electron chi connectivity index (χ2n) is 8.69. The van der Waals surface area contributed by atoms with Gasteiger partial charge in [-0.05, 0) is 55.6 Å². The van der Waals surface area contributed by atoms with Gasteiger partial charge in [-0.1, -0.05) is 30.8 Å². The van der Waals surface area contributed by atoms with Gasteiger partial charge in [-0.3, -0.25) is 4.40 Å². The van der Waals surface area contributed by atoms with Crippen molar-refractivity contribution in [3.8, 4) is 11.4 Å². The van der Waals surface area contributed by atoms with Crippen LogP contribution in [0.1, 0.15) is 11.1 Å². The molecular formula is C27H26FN7S. The van der Waals surface area contributed by atoms with Crippen molar-refractivity contribution >= 4 is 44.9 Å². The lowest BCUT2D eigenvalue weighted by Crippen LogP contribution is -2.11. The summed E-state index contributed by atoms with van der Waals surface area (Å²) in [6, 6.07) is 16.4. The molecule has 36 heavy (non-hydrogen) atoms. The number of nitrogens with two attached hydrogens (primary N) is 1. The van der Waals surface area contributed by atoms with Gasteiger partial charge in [0, 0.05) is 29.5 Å². The third kappa shape index (κ3) is 4.93. The first kappa shape index (κ1) is 23.5. The first-order chi connectivity index (χ1) is 17.4. The molecule has 3 heterocycles. The molecule has 0 unspecified atom stereocenters. The predicted octanol–water partition coefficient (Wildman–Crippen LogP) is 6.07. The van der Waals surface area contributed by atoms with Crippen LogP contribution in [0.15, 0.2) is 78.9 Å². The molecule has 7 nitrogen and oxygen atoms in total. The highest BCUT2D eigenvalue weighted by atomic mass is 32.1. The third-order valence-corrected chi connectivity index (χ3v) is 6.40. The van der Waals surface area contributed by atoms with E-state index in [4.69, 9.17) is 10.7 Å². The number of nitrogen functional groups attached to an aromatic ring is 1. The van der Waals surface area contributed by atoms with Gasteiger partial charge < -0.3 is 21.3 Å². The van der Waals surface area contributed by atoms with Gasteiger partial charge in [-0.15, -0.1) is 11.3 Å². The first-order valence-electron chi connectivity index (χ1n) is 11.3. The quantitative estimate of drug-likeness (QED) is 0.225. The fraction of sp³-hybridized carbons (Fsp3) is 0.111. The molecule has 0 aliphatic heterocycles. The van der Waals surface area contributed by atoms with E-state index < -0.39 is 5.82 Å². The van der Waals surface area contributed by atoms with E-state index >= 15 is 0 Å². The summed E-state index contributed by atoms with van der Waals surface area (Å²) in [6.07, 6.45) is 3.96. The van der Waals surface area contributed by atoms with E-state index in [1.54, 1.807) is 12.1 Å². The van der Waals surface area contributed by atoms with Crippen molar-refractivity contribution in [3.05, 3.63) is 95.9 Å². The molecule has 0 radical (unpaired) electrons. The number of rotatable bonds is 8. The summed E-state index contributed by atoms with van der Waals surface area (Å²) in [5, 5.41) is 9.11. The lowest BCUT2D eigenvalue weighted by atomic mass is 10.1. The molecule has 5 aromatic rings. The largest absolute Gasteiger partial charge is 0.397 e. The van der Waals surface area contributed by atoms with Crippen LogP contribution >= 0.6 is 11.3 Å². The van der Waals surface area contributed by atoms with Crippen LogP contribution in [0.4, 0.5) is 26.6 Å². The van der Waals surface area contributed by atoms with E-state index in [0.717, 1.165) is 40.0 Å². The molecule has 0 aliphatic carbocycles.